The van der Waals surface area contributed by atoms with Crippen LogP contribution in [0.3, 0.4) is 0 Å². The largest absolute Gasteiger partial charge is 0.388 e. The molecule has 1 unspecified atom stereocenters. The highest BCUT2D eigenvalue weighted by molar-refractivity contribution is 4.94. The van der Waals surface area contributed by atoms with Crippen LogP contribution < -0.4 is 0 Å². The summed E-state index contributed by atoms with van der Waals surface area (Å²) in [5.41, 5.74) is 0.125. The predicted molar refractivity (Wildman–Crippen MR) is 47.4 cm³/mol. The molecule has 0 saturated heterocycles. The Balaban J connectivity index is 2.55. The lowest BCUT2D eigenvalue weighted by Crippen LogP contribution is -2.32. The summed E-state index contributed by atoms with van der Waals surface area (Å²) in [6.07, 6.45) is 7.54. The first-order valence-corrected chi connectivity index (χ1v) is 4.50. The van der Waals surface area contributed by atoms with Gasteiger partial charge < -0.3 is 5.11 Å². The van der Waals surface area contributed by atoms with E-state index >= 15 is 0 Å². The van der Waals surface area contributed by atoms with E-state index < -0.39 is 0 Å². The van der Waals surface area contributed by atoms with Gasteiger partial charge in [0.2, 0.25) is 0 Å². The summed E-state index contributed by atoms with van der Waals surface area (Å²) in [6.45, 7) is 5.80. The van der Waals surface area contributed by atoms with Crippen molar-refractivity contribution in [1.29, 1.82) is 0 Å². The van der Waals surface area contributed by atoms with Gasteiger partial charge in [-0.2, -0.15) is 0 Å². The lowest BCUT2D eigenvalue weighted by Gasteiger charge is -2.36. The molecule has 0 aromatic carbocycles. The summed E-state index contributed by atoms with van der Waals surface area (Å²) in [5, 5.41) is 9.62. The van der Waals surface area contributed by atoms with Crippen molar-refractivity contribution in [2.75, 3.05) is 0 Å². The molecule has 1 fully saturated rings. The molecule has 1 nitrogen and oxygen atoms in total. The van der Waals surface area contributed by atoms with Crippen molar-refractivity contribution in [2.24, 2.45) is 5.41 Å². The maximum absolute atomic E-state index is 9.62. The Hall–Kier alpha value is -0.300. The van der Waals surface area contributed by atoms with Crippen LogP contribution in [0.5, 0.6) is 0 Å². The van der Waals surface area contributed by atoms with Crippen LogP contribution >= 0.6 is 0 Å². The Morgan fingerprint density at radius 1 is 1.36 bits per heavy atom. The third kappa shape index (κ3) is 1.84. The fourth-order valence-corrected chi connectivity index (χ4v) is 1.94. The standard InChI is InChI=1S/C10H18O/c1-3-9(11)10(2)7-5-4-6-8-10/h3,9,11H,1,4-8H2,2H3. The molecule has 0 aromatic rings. The minimum absolute atomic E-state index is 0.125. The Kier molecular flexibility index (Phi) is 2.72. The molecule has 1 aliphatic carbocycles. The molecule has 0 aromatic heterocycles. The van der Waals surface area contributed by atoms with Gasteiger partial charge in [0.05, 0.1) is 6.10 Å². The fourth-order valence-electron chi connectivity index (χ4n) is 1.94. The van der Waals surface area contributed by atoms with Crippen molar-refractivity contribution in [1.82, 2.24) is 0 Å². The van der Waals surface area contributed by atoms with Crippen LogP contribution in [0.1, 0.15) is 39.0 Å². The molecule has 0 amide bonds. The molecule has 1 N–H and O–H groups in total. The Morgan fingerprint density at radius 2 is 1.91 bits per heavy atom. The van der Waals surface area contributed by atoms with E-state index in [1.807, 2.05) is 0 Å². The molecular weight excluding hydrogens is 136 g/mol. The summed E-state index contributed by atoms with van der Waals surface area (Å²) >= 11 is 0. The van der Waals surface area contributed by atoms with Crippen molar-refractivity contribution in [2.45, 2.75) is 45.1 Å². The highest BCUT2D eigenvalue weighted by Crippen LogP contribution is 2.38. The Labute approximate surface area is 69.1 Å². The Morgan fingerprint density at radius 3 is 2.36 bits per heavy atom. The van der Waals surface area contributed by atoms with Crippen LogP contribution in [0, 0.1) is 5.41 Å². The zero-order valence-electron chi connectivity index (χ0n) is 7.34. The summed E-state index contributed by atoms with van der Waals surface area (Å²) in [6, 6.07) is 0. The first kappa shape index (κ1) is 8.79. The van der Waals surface area contributed by atoms with E-state index in [-0.39, 0.29) is 11.5 Å². The topological polar surface area (TPSA) is 20.2 Å². The second-order valence-electron chi connectivity index (χ2n) is 3.90. The smallest absolute Gasteiger partial charge is 0.0771 e. The van der Waals surface area contributed by atoms with Crippen molar-refractivity contribution in [3.05, 3.63) is 12.7 Å². The van der Waals surface area contributed by atoms with E-state index in [4.69, 9.17) is 0 Å². The summed E-state index contributed by atoms with van der Waals surface area (Å²) in [7, 11) is 0. The van der Waals surface area contributed by atoms with Gasteiger partial charge in [0.25, 0.3) is 0 Å². The lowest BCUT2D eigenvalue weighted by atomic mass is 9.72. The Bertz CT molecular complexity index is 134. The normalized spacial score (nSPS) is 26.0. The molecule has 0 bridgehead atoms. The first-order chi connectivity index (χ1) is 5.19. The molecule has 0 heterocycles. The SMILES string of the molecule is C=CC(O)C1(C)CCCCC1. The lowest BCUT2D eigenvalue weighted by molar-refractivity contribution is 0.0441. The number of hydrogen-bond acceptors (Lipinski definition) is 1. The van der Waals surface area contributed by atoms with E-state index in [2.05, 4.69) is 13.5 Å². The van der Waals surface area contributed by atoms with Crippen molar-refractivity contribution in [3.8, 4) is 0 Å². The predicted octanol–water partition coefficient (Wildman–Crippen LogP) is 2.50. The minimum atomic E-state index is -0.303. The summed E-state index contributed by atoms with van der Waals surface area (Å²) in [5.74, 6) is 0. The monoisotopic (exact) mass is 154 g/mol. The van der Waals surface area contributed by atoms with Crippen LogP contribution in [0.2, 0.25) is 0 Å². The van der Waals surface area contributed by atoms with Gasteiger partial charge in [0.1, 0.15) is 0 Å². The zero-order valence-corrected chi connectivity index (χ0v) is 7.34. The van der Waals surface area contributed by atoms with Gasteiger partial charge in [-0.15, -0.1) is 6.58 Å². The zero-order chi connectivity index (χ0) is 8.32. The quantitative estimate of drug-likeness (QED) is 0.606. The van der Waals surface area contributed by atoms with Gasteiger partial charge in [-0.3, -0.25) is 0 Å². The summed E-state index contributed by atoms with van der Waals surface area (Å²) < 4.78 is 0. The number of rotatable bonds is 2. The fraction of sp³-hybridized carbons (Fsp3) is 0.800. The maximum Gasteiger partial charge on any atom is 0.0771 e. The van der Waals surface area contributed by atoms with Gasteiger partial charge in [0.15, 0.2) is 0 Å². The van der Waals surface area contributed by atoms with Gasteiger partial charge in [-0.1, -0.05) is 32.3 Å². The molecule has 1 heteroatoms. The minimum Gasteiger partial charge on any atom is -0.388 e. The van der Waals surface area contributed by atoms with E-state index in [0.29, 0.717) is 0 Å². The van der Waals surface area contributed by atoms with Gasteiger partial charge in [0, 0.05) is 0 Å². The molecule has 1 rings (SSSR count). The van der Waals surface area contributed by atoms with E-state index in [9.17, 15) is 5.11 Å². The second kappa shape index (κ2) is 3.40. The second-order valence-corrected chi connectivity index (χ2v) is 3.90. The van der Waals surface area contributed by atoms with Crippen molar-refractivity contribution >= 4 is 0 Å². The highest BCUT2D eigenvalue weighted by Gasteiger charge is 2.32. The third-order valence-corrected chi connectivity index (χ3v) is 2.93. The average molecular weight is 154 g/mol. The number of aliphatic hydroxyl groups excluding tert-OH is 1. The van der Waals surface area contributed by atoms with Gasteiger partial charge >= 0.3 is 0 Å². The van der Waals surface area contributed by atoms with Crippen LogP contribution in [0.25, 0.3) is 0 Å². The van der Waals surface area contributed by atoms with E-state index in [0.717, 1.165) is 12.8 Å². The van der Waals surface area contributed by atoms with Crippen LogP contribution in [0.4, 0.5) is 0 Å². The van der Waals surface area contributed by atoms with Gasteiger partial charge in [-0.25, -0.2) is 0 Å². The first-order valence-electron chi connectivity index (χ1n) is 4.50. The molecular formula is C10H18O. The molecule has 64 valence electrons. The van der Waals surface area contributed by atoms with E-state index in [1.54, 1.807) is 6.08 Å². The van der Waals surface area contributed by atoms with Gasteiger partial charge in [-0.05, 0) is 18.3 Å². The number of aliphatic hydroxyl groups is 1. The highest BCUT2D eigenvalue weighted by atomic mass is 16.3. The van der Waals surface area contributed by atoms with E-state index in [1.165, 1.54) is 19.3 Å². The maximum atomic E-state index is 9.62. The molecule has 11 heavy (non-hydrogen) atoms. The van der Waals surface area contributed by atoms with Crippen LogP contribution in [-0.2, 0) is 0 Å². The van der Waals surface area contributed by atoms with Crippen LogP contribution in [0.15, 0.2) is 12.7 Å². The van der Waals surface area contributed by atoms with Crippen molar-refractivity contribution < 1.29 is 5.11 Å². The van der Waals surface area contributed by atoms with Crippen molar-refractivity contribution in [3.63, 3.8) is 0 Å². The third-order valence-electron chi connectivity index (χ3n) is 2.93. The molecule has 1 saturated carbocycles. The average Bonchev–Trinajstić information content (AvgIpc) is 2.04. The molecule has 1 atom stereocenters. The molecule has 1 aliphatic rings. The summed E-state index contributed by atoms with van der Waals surface area (Å²) in [4.78, 5) is 0. The number of hydrogen-bond donors (Lipinski definition) is 1. The molecule has 0 aliphatic heterocycles. The molecule has 0 spiro atoms. The molecule has 0 radical (unpaired) electrons. The van der Waals surface area contributed by atoms with Crippen LogP contribution in [-0.4, -0.2) is 11.2 Å².